The van der Waals surface area contributed by atoms with E-state index in [0.717, 1.165) is 29.7 Å². The molecular formula is C20H31F3N2O2Si. The number of nitrogens with one attached hydrogen (secondary N) is 1. The van der Waals surface area contributed by atoms with Gasteiger partial charge in [0.2, 0.25) is 6.61 Å². The van der Waals surface area contributed by atoms with Crippen LogP contribution in [0.25, 0.3) is 0 Å². The largest absolute Gasteiger partial charge is 0.425 e. The van der Waals surface area contributed by atoms with Gasteiger partial charge in [0.25, 0.3) is 0 Å². The molecule has 0 fully saturated rings. The van der Waals surface area contributed by atoms with Gasteiger partial charge in [-0.3, -0.25) is 0 Å². The summed E-state index contributed by atoms with van der Waals surface area (Å²) in [5.74, 6) is 0. The molecule has 1 aromatic carbocycles. The van der Waals surface area contributed by atoms with E-state index in [4.69, 9.17) is 4.43 Å². The van der Waals surface area contributed by atoms with Crippen LogP contribution in [-0.2, 0) is 15.7 Å². The predicted octanol–water partition coefficient (Wildman–Crippen LogP) is 5.74. The average Bonchev–Trinajstić information content (AvgIpc) is 2.56. The van der Waals surface area contributed by atoms with Gasteiger partial charge in [0.15, 0.2) is 8.32 Å². The lowest BCUT2D eigenvalue weighted by Crippen LogP contribution is -2.41. The number of halogens is 3. The third-order valence-corrected chi connectivity index (χ3v) is 9.92. The molecule has 1 aliphatic rings. The van der Waals surface area contributed by atoms with E-state index in [2.05, 4.69) is 49.2 Å². The van der Waals surface area contributed by atoms with Gasteiger partial charge in [-0.2, -0.15) is 13.2 Å². The minimum Gasteiger partial charge on any atom is -0.415 e. The Kier molecular flexibility index (Phi) is 7.20. The Balaban J connectivity index is 1.93. The lowest BCUT2D eigenvalue weighted by molar-refractivity contribution is -0.173. The molecule has 2 rings (SSSR count). The van der Waals surface area contributed by atoms with Crippen LogP contribution in [0.2, 0.25) is 18.1 Å². The summed E-state index contributed by atoms with van der Waals surface area (Å²) >= 11 is 0. The molecule has 0 spiro atoms. The van der Waals surface area contributed by atoms with Gasteiger partial charge < -0.3 is 14.6 Å². The number of benzene rings is 1. The quantitative estimate of drug-likeness (QED) is 0.350. The molecule has 0 aromatic heterocycles. The van der Waals surface area contributed by atoms with Gasteiger partial charge in [-0.25, -0.2) is 0 Å². The van der Waals surface area contributed by atoms with Gasteiger partial charge in [-0.15, -0.1) is 0 Å². The third-order valence-electron chi connectivity index (χ3n) is 5.38. The summed E-state index contributed by atoms with van der Waals surface area (Å²) in [6.07, 6.45) is -2.03. The molecule has 0 saturated heterocycles. The molecular weight excluding hydrogens is 385 g/mol. The third kappa shape index (κ3) is 6.51. The first kappa shape index (κ1) is 22.7. The van der Waals surface area contributed by atoms with Crippen LogP contribution in [-0.4, -0.2) is 40.0 Å². The molecule has 0 unspecified atom stereocenters. The van der Waals surface area contributed by atoms with E-state index in [9.17, 15) is 13.2 Å². The number of anilines is 1. The monoisotopic (exact) mass is 416 g/mol. The SMILES string of the molecule is CC(C)(C)[Si](C)(C)OCCNc1ccc2c(c1)CCC/C2=N/OCC(F)(F)F. The first-order valence-corrected chi connectivity index (χ1v) is 12.6. The number of aryl methyl sites for hydroxylation is 1. The fraction of sp³-hybridized carbons (Fsp3) is 0.650. The average molecular weight is 417 g/mol. The lowest BCUT2D eigenvalue weighted by Gasteiger charge is -2.36. The standard InChI is InChI=1S/C20H31F3N2O2Si/c1-19(2,3)28(4,5)27-12-11-24-16-9-10-17-15(13-16)7-6-8-18(17)25-26-14-20(21,22)23/h9-10,13,24H,6-8,11-12,14H2,1-5H3/b25-18-. The Morgan fingerprint density at radius 3 is 2.50 bits per heavy atom. The van der Waals surface area contributed by atoms with E-state index >= 15 is 0 Å². The number of fused-ring (bicyclic) bond motifs is 1. The van der Waals surface area contributed by atoms with E-state index in [1.165, 1.54) is 0 Å². The van der Waals surface area contributed by atoms with Crippen molar-refractivity contribution >= 4 is 19.7 Å². The minimum absolute atomic E-state index is 0.183. The van der Waals surface area contributed by atoms with Gasteiger partial charge in [0.1, 0.15) is 0 Å². The molecule has 4 nitrogen and oxygen atoms in total. The summed E-state index contributed by atoms with van der Waals surface area (Å²) in [7, 11) is -1.75. The summed E-state index contributed by atoms with van der Waals surface area (Å²) < 4.78 is 42.9. The second-order valence-corrected chi connectivity index (χ2v) is 13.5. The molecule has 0 atom stereocenters. The fourth-order valence-electron chi connectivity index (χ4n) is 2.77. The van der Waals surface area contributed by atoms with Crippen LogP contribution < -0.4 is 5.32 Å². The maximum atomic E-state index is 12.2. The van der Waals surface area contributed by atoms with Crippen molar-refractivity contribution in [2.75, 3.05) is 25.1 Å². The number of hydrogen-bond donors (Lipinski definition) is 1. The number of rotatable bonds is 7. The van der Waals surface area contributed by atoms with Crippen LogP contribution in [0.4, 0.5) is 18.9 Å². The molecule has 8 heteroatoms. The number of hydrogen-bond acceptors (Lipinski definition) is 4. The smallest absolute Gasteiger partial charge is 0.415 e. The van der Waals surface area contributed by atoms with Crippen molar-refractivity contribution < 1.29 is 22.4 Å². The zero-order valence-corrected chi connectivity index (χ0v) is 18.4. The molecule has 0 amide bonds. The van der Waals surface area contributed by atoms with Crippen LogP contribution in [0.15, 0.2) is 23.4 Å². The van der Waals surface area contributed by atoms with Gasteiger partial charge in [-0.05, 0) is 55.1 Å². The van der Waals surface area contributed by atoms with E-state index in [1.54, 1.807) is 0 Å². The van der Waals surface area contributed by atoms with Crippen molar-refractivity contribution in [1.29, 1.82) is 0 Å². The van der Waals surface area contributed by atoms with Crippen LogP contribution in [0.5, 0.6) is 0 Å². The number of nitrogens with zero attached hydrogens (tertiary/aromatic N) is 1. The van der Waals surface area contributed by atoms with Gasteiger partial charge in [0.05, 0.1) is 12.3 Å². The van der Waals surface area contributed by atoms with E-state index < -0.39 is 21.1 Å². The van der Waals surface area contributed by atoms with Crippen LogP contribution in [0.1, 0.15) is 44.7 Å². The highest BCUT2D eigenvalue weighted by Gasteiger charge is 2.36. The predicted molar refractivity (Wildman–Crippen MR) is 110 cm³/mol. The van der Waals surface area contributed by atoms with Crippen molar-refractivity contribution in [1.82, 2.24) is 0 Å². The second-order valence-electron chi connectivity index (χ2n) is 8.69. The van der Waals surface area contributed by atoms with Crippen LogP contribution >= 0.6 is 0 Å². The Bertz CT molecular complexity index is 698. The lowest BCUT2D eigenvalue weighted by atomic mass is 9.90. The summed E-state index contributed by atoms with van der Waals surface area (Å²) in [6.45, 7) is 11.1. The zero-order valence-electron chi connectivity index (χ0n) is 17.4. The Morgan fingerprint density at radius 2 is 1.86 bits per heavy atom. The highest BCUT2D eigenvalue weighted by Crippen LogP contribution is 2.36. The van der Waals surface area contributed by atoms with E-state index in [1.807, 2.05) is 18.2 Å². The van der Waals surface area contributed by atoms with Crippen molar-refractivity contribution in [2.45, 2.75) is 64.3 Å². The summed E-state index contributed by atoms with van der Waals surface area (Å²) in [4.78, 5) is 4.50. The molecule has 0 bridgehead atoms. The molecule has 0 heterocycles. The van der Waals surface area contributed by atoms with Crippen LogP contribution in [0.3, 0.4) is 0 Å². The van der Waals surface area contributed by atoms with E-state index in [0.29, 0.717) is 25.3 Å². The van der Waals surface area contributed by atoms with Gasteiger partial charge in [-0.1, -0.05) is 32.0 Å². The first-order chi connectivity index (χ1) is 12.9. The van der Waals surface area contributed by atoms with Crippen molar-refractivity contribution in [3.05, 3.63) is 29.3 Å². The topological polar surface area (TPSA) is 42.8 Å². The highest BCUT2D eigenvalue weighted by molar-refractivity contribution is 6.74. The van der Waals surface area contributed by atoms with Gasteiger partial charge >= 0.3 is 6.18 Å². The maximum absolute atomic E-state index is 12.2. The fourth-order valence-corrected chi connectivity index (χ4v) is 3.81. The molecule has 0 aliphatic heterocycles. The summed E-state index contributed by atoms with van der Waals surface area (Å²) in [6, 6.07) is 5.87. The Labute approximate surface area is 166 Å². The van der Waals surface area contributed by atoms with Crippen molar-refractivity contribution in [2.24, 2.45) is 5.16 Å². The number of alkyl halides is 3. The zero-order chi connectivity index (χ0) is 21.0. The van der Waals surface area contributed by atoms with Gasteiger partial charge in [0, 0.05) is 17.8 Å². The Hall–Kier alpha value is -1.54. The first-order valence-electron chi connectivity index (χ1n) is 9.66. The van der Waals surface area contributed by atoms with Crippen LogP contribution in [0, 0.1) is 0 Å². The Morgan fingerprint density at radius 1 is 1.14 bits per heavy atom. The maximum Gasteiger partial charge on any atom is 0.425 e. The summed E-state index contributed by atoms with van der Waals surface area (Å²) in [5.41, 5.74) is 3.51. The molecule has 158 valence electrons. The highest BCUT2D eigenvalue weighted by atomic mass is 28.4. The second kappa shape index (κ2) is 8.86. The molecule has 1 N–H and O–H groups in total. The van der Waals surface area contributed by atoms with Crippen molar-refractivity contribution in [3.8, 4) is 0 Å². The minimum atomic E-state index is -4.37. The number of oxime groups is 1. The molecule has 0 saturated carbocycles. The van der Waals surface area contributed by atoms with Crippen molar-refractivity contribution in [3.63, 3.8) is 0 Å². The molecule has 1 aliphatic carbocycles. The molecule has 1 aromatic rings. The summed E-state index contributed by atoms with van der Waals surface area (Å²) in [5, 5.41) is 7.28. The van der Waals surface area contributed by atoms with E-state index in [-0.39, 0.29) is 5.04 Å². The molecule has 0 radical (unpaired) electrons. The molecule has 28 heavy (non-hydrogen) atoms. The normalized spacial score (nSPS) is 16.8.